The molecule has 1 aromatic carbocycles. The predicted octanol–water partition coefficient (Wildman–Crippen LogP) is 1.90. The van der Waals surface area contributed by atoms with Crippen LogP contribution in [-0.4, -0.2) is 33.6 Å². The molecular weight excluding hydrogens is 292 g/mol. The number of nitrogens with one attached hydrogen (secondary N) is 2. The zero-order valence-electron chi connectivity index (χ0n) is 13.8. The van der Waals surface area contributed by atoms with Gasteiger partial charge in [-0.2, -0.15) is 5.10 Å². The lowest BCUT2D eigenvalue weighted by molar-refractivity contribution is 0.125. The smallest absolute Gasteiger partial charge is 0.315 e. The molecule has 1 heterocycles. The average Bonchev–Trinajstić information content (AvgIpc) is 2.97. The van der Waals surface area contributed by atoms with E-state index < -0.39 is 6.10 Å². The van der Waals surface area contributed by atoms with E-state index in [0.29, 0.717) is 6.54 Å². The number of hydrogen-bond donors (Lipinski definition) is 3. The molecule has 0 spiro atoms. The maximum atomic E-state index is 11.8. The van der Waals surface area contributed by atoms with Gasteiger partial charge in [0.1, 0.15) is 0 Å². The quantitative estimate of drug-likeness (QED) is 0.761. The average molecular weight is 316 g/mol. The van der Waals surface area contributed by atoms with Gasteiger partial charge in [-0.3, -0.25) is 4.68 Å². The highest BCUT2D eigenvalue weighted by Crippen LogP contribution is 2.19. The summed E-state index contributed by atoms with van der Waals surface area (Å²) in [5.41, 5.74) is 3.11. The molecule has 0 bridgehead atoms. The fourth-order valence-electron chi connectivity index (χ4n) is 2.11. The van der Waals surface area contributed by atoms with Gasteiger partial charge in [0.05, 0.1) is 12.3 Å². The minimum atomic E-state index is -0.533. The molecule has 0 aliphatic heterocycles. The second-order valence-electron chi connectivity index (χ2n) is 5.98. The molecular formula is C17H24N4O2. The molecule has 0 saturated carbocycles. The maximum Gasteiger partial charge on any atom is 0.315 e. The molecule has 0 radical (unpaired) electrons. The van der Waals surface area contributed by atoms with Gasteiger partial charge in [-0.1, -0.05) is 32.0 Å². The van der Waals surface area contributed by atoms with Crippen molar-refractivity contribution in [2.75, 3.05) is 6.54 Å². The van der Waals surface area contributed by atoms with Crippen LogP contribution in [0.2, 0.25) is 0 Å². The fraction of sp³-hybridized carbons (Fsp3) is 0.412. The second-order valence-corrected chi connectivity index (χ2v) is 5.98. The van der Waals surface area contributed by atoms with E-state index >= 15 is 0 Å². The van der Waals surface area contributed by atoms with Gasteiger partial charge in [-0.05, 0) is 23.1 Å². The summed E-state index contributed by atoms with van der Waals surface area (Å²) in [5, 5.41) is 19.3. The summed E-state index contributed by atoms with van der Waals surface area (Å²) in [4.78, 5) is 11.8. The van der Waals surface area contributed by atoms with Crippen LogP contribution in [0, 0.1) is 5.92 Å². The molecule has 1 aromatic heterocycles. The largest absolute Gasteiger partial charge is 0.391 e. The van der Waals surface area contributed by atoms with E-state index in [1.54, 1.807) is 4.68 Å². The second kappa shape index (κ2) is 7.78. The molecule has 0 fully saturated rings. The normalized spacial score (nSPS) is 12.2. The van der Waals surface area contributed by atoms with Gasteiger partial charge in [0.25, 0.3) is 0 Å². The van der Waals surface area contributed by atoms with Crippen molar-refractivity contribution in [2.45, 2.75) is 26.5 Å². The third-order valence-corrected chi connectivity index (χ3v) is 3.66. The Labute approximate surface area is 136 Å². The van der Waals surface area contributed by atoms with Gasteiger partial charge in [-0.15, -0.1) is 0 Å². The lowest BCUT2D eigenvalue weighted by Gasteiger charge is -2.15. The highest BCUT2D eigenvalue weighted by atomic mass is 16.3. The highest BCUT2D eigenvalue weighted by Gasteiger charge is 2.10. The number of benzene rings is 1. The third kappa shape index (κ3) is 5.10. The van der Waals surface area contributed by atoms with Crippen LogP contribution >= 0.6 is 0 Å². The van der Waals surface area contributed by atoms with E-state index in [1.165, 1.54) is 0 Å². The fourth-order valence-corrected chi connectivity index (χ4v) is 2.11. The number of carbonyl (C=O) groups is 1. The summed E-state index contributed by atoms with van der Waals surface area (Å²) in [6, 6.07) is 7.68. The number of urea groups is 1. The van der Waals surface area contributed by atoms with Crippen molar-refractivity contribution in [2.24, 2.45) is 13.0 Å². The zero-order valence-corrected chi connectivity index (χ0v) is 13.8. The Kier molecular flexibility index (Phi) is 5.76. The van der Waals surface area contributed by atoms with Crippen LogP contribution in [0.4, 0.5) is 4.79 Å². The highest BCUT2D eigenvalue weighted by molar-refractivity contribution is 5.74. The number of aliphatic hydroxyl groups excluding tert-OH is 1. The number of nitrogens with zero attached hydrogens (tertiary/aromatic N) is 2. The minimum Gasteiger partial charge on any atom is -0.391 e. The first-order valence-corrected chi connectivity index (χ1v) is 7.73. The van der Waals surface area contributed by atoms with Crippen molar-refractivity contribution in [1.29, 1.82) is 0 Å². The number of aromatic nitrogens is 2. The number of aryl methyl sites for hydroxylation is 1. The number of amides is 2. The monoisotopic (exact) mass is 316 g/mol. The van der Waals surface area contributed by atoms with E-state index in [0.717, 1.165) is 16.7 Å². The lowest BCUT2D eigenvalue weighted by Crippen LogP contribution is -2.40. The zero-order chi connectivity index (χ0) is 16.8. The van der Waals surface area contributed by atoms with E-state index in [4.69, 9.17) is 0 Å². The summed E-state index contributed by atoms with van der Waals surface area (Å²) in [5.74, 6) is 0.117. The lowest BCUT2D eigenvalue weighted by atomic mass is 10.1. The Morgan fingerprint density at radius 1 is 1.30 bits per heavy atom. The van der Waals surface area contributed by atoms with E-state index in [9.17, 15) is 9.90 Å². The summed E-state index contributed by atoms with van der Waals surface area (Å²) in [7, 11) is 1.88. The first-order valence-electron chi connectivity index (χ1n) is 7.73. The number of hydrogen-bond acceptors (Lipinski definition) is 3. The Hall–Kier alpha value is -2.34. The number of rotatable bonds is 6. The molecule has 1 atom stereocenters. The SMILES string of the molecule is CC(C)C(O)CNC(=O)NCc1cccc(-c2cnn(C)c2)c1. The van der Waals surface area contributed by atoms with Crippen LogP contribution < -0.4 is 10.6 Å². The maximum absolute atomic E-state index is 11.8. The Morgan fingerprint density at radius 2 is 2.09 bits per heavy atom. The first kappa shape index (κ1) is 17.0. The van der Waals surface area contributed by atoms with Crippen molar-refractivity contribution in [3.8, 4) is 11.1 Å². The first-order chi connectivity index (χ1) is 11.0. The molecule has 6 heteroatoms. The topological polar surface area (TPSA) is 79.2 Å². The van der Waals surface area contributed by atoms with Crippen LogP contribution in [0.3, 0.4) is 0 Å². The summed E-state index contributed by atoms with van der Waals surface area (Å²) in [6.07, 6.45) is 3.23. The van der Waals surface area contributed by atoms with Crippen molar-refractivity contribution in [1.82, 2.24) is 20.4 Å². The molecule has 23 heavy (non-hydrogen) atoms. The minimum absolute atomic E-state index is 0.117. The molecule has 1 unspecified atom stereocenters. The Balaban J connectivity index is 1.87. The summed E-state index contributed by atoms with van der Waals surface area (Å²) in [6.45, 7) is 4.50. The van der Waals surface area contributed by atoms with Crippen LogP contribution in [0.25, 0.3) is 11.1 Å². The van der Waals surface area contributed by atoms with Gasteiger partial charge >= 0.3 is 6.03 Å². The summed E-state index contributed by atoms with van der Waals surface area (Å²) >= 11 is 0. The Morgan fingerprint density at radius 3 is 2.74 bits per heavy atom. The van der Waals surface area contributed by atoms with Crippen LogP contribution in [0.5, 0.6) is 0 Å². The molecule has 0 aliphatic rings. The van der Waals surface area contributed by atoms with Crippen LogP contribution in [0.1, 0.15) is 19.4 Å². The van der Waals surface area contributed by atoms with E-state index in [1.807, 2.05) is 57.6 Å². The van der Waals surface area contributed by atoms with Gasteiger partial charge in [0, 0.05) is 31.9 Å². The third-order valence-electron chi connectivity index (χ3n) is 3.66. The molecule has 3 N–H and O–H groups in total. The Bertz CT molecular complexity index is 652. The standard InChI is InChI=1S/C17H24N4O2/c1-12(2)16(22)10-19-17(23)18-8-13-5-4-6-14(7-13)15-9-20-21(3)11-15/h4-7,9,11-12,16,22H,8,10H2,1-3H3,(H2,18,19,23). The van der Waals surface area contributed by atoms with Crippen molar-refractivity contribution in [3.63, 3.8) is 0 Å². The van der Waals surface area contributed by atoms with Crippen LogP contribution in [-0.2, 0) is 13.6 Å². The van der Waals surface area contributed by atoms with Crippen molar-refractivity contribution < 1.29 is 9.90 Å². The van der Waals surface area contributed by atoms with Gasteiger partial charge in [0.2, 0.25) is 0 Å². The van der Waals surface area contributed by atoms with Crippen LogP contribution in [0.15, 0.2) is 36.7 Å². The van der Waals surface area contributed by atoms with Crippen molar-refractivity contribution >= 4 is 6.03 Å². The number of aliphatic hydroxyl groups is 1. The number of carbonyl (C=O) groups excluding carboxylic acids is 1. The molecule has 124 valence electrons. The van der Waals surface area contributed by atoms with Gasteiger partial charge < -0.3 is 15.7 Å². The molecule has 2 aromatic rings. The molecule has 2 amide bonds. The van der Waals surface area contributed by atoms with Crippen molar-refractivity contribution in [3.05, 3.63) is 42.2 Å². The molecule has 0 saturated heterocycles. The molecule has 2 rings (SSSR count). The van der Waals surface area contributed by atoms with Gasteiger partial charge in [0.15, 0.2) is 0 Å². The van der Waals surface area contributed by atoms with E-state index in [-0.39, 0.29) is 18.5 Å². The van der Waals surface area contributed by atoms with Gasteiger partial charge in [-0.25, -0.2) is 4.79 Å². The molecule has 0 aliphatic carbocycles. The summed E-state index contributed by atoms with van der Waals surface area (Å²) < 4.78 is 1.76. The van der Waals surface area contributed by atoms with E-state index in [2.05, 4.69) is 15.7 Å². The predicted molar refractivity (Wildman–Crippen MR) is 89.7 cm³/mol. The molecule has 6 nitrogen and oxygen atoms in total.